The van der Waals surface area contributed by atoms with Crippen LogP contribution in [0.25, 0.3) is 0 Å². The summed E-state index contributed by atoms with van der Waals surface area (Å²) in [5.74, 6) is 0.795. The van der Waals surface area contributed by atoms with Crippen LogP contribution in [0.2, 0.25) is 5.02 Å². The van der Waals surface area contributed by atoms with E-state index >= 15 is 0 Å². The van der Waals surface area contributed by atoms with Crippen LogP contribution in [0.5, 0.6) is 5.75 Å². The predicted octanol–water partition coefficient (Wildman–Crippen LogP) is 3.16. The average molecular weight is 285 g/mol. The Kier molecular flexibility index (Phi) is 6.11. The van der Waals surface area contributed by atoms with Gasteiger partial charge in [-0.2, -0.15) is 0 Å². The summed E-state index contributed by atoms with van der Waals surface area (Å²) in [5.41, 5.74) is 7.00. The molecule has 3 nitrogen and oxygen atoms in total. The Morgan fingerprint density at radius 2 is 2.05 bits per heavy atom. The molecule has 0 bridgehead atoms. The van der Waals surface area contributed by atoms with Gasteiger partial charge in [0.2, 0.25) is 0 Å². The lowest BCUT2D eigenvalue weighted by Crippen LogP contribution is -2.36. The van der Waals surface area contributed by atoms with Crippen LogP contribution in [0.4, 0.5) is 0 Å². The van der Waals surface area contributed by atoms with Crippen molar-refractivity contribution in [1.29, 1.82) is 0 Å². The third kappa shape index (κ3) is 5.01. The first-order valence-corrected chi connectivity index (χ1v) is 7.06. The van der Waals surface area contributed by atoms with E-state index in [1.54, 1.807) is 0 Å². The van der Waals surface area contributed by atoms with Gasteiger partial charge in [0.25, 0.3) is 0 Å². The fraction of sp³-hybridized carbons (Fsp3) is 0.600. The number of para-hydroxylation sites is 1. The van der Waals surface area contributed by atoms with E-state index in [0.29, 0.717) is 18.2 Å². The Hall–Kier alpha value is -0.770. The molecule has 0 fully saturated rings. The van der Waals surface area contributed by atoms with E-state index in [-0.39, 0.29) is 5.41 Å². The normalized spacial score (nSPS) is 11.9. The first-order valence-electron chi connectivity index (χ1n) is 6.68. The molecule has 0 amide bonds. The lowest BCUT2D eigenvalue weighted by atomic mass is 9.93. The summed E-state index contributed by atoms with van der Waals surface area (Å²) in [4.78, 5) is 2.25. The Balaban J connectivity index is 2.79. The van der Waals surface area contributed by atoms with Crippen LogP contribution in [0, 0.1) is 5.41 Å². The minimum absolute atomic E-state index is 0.110. The first kappa shape index (κ1) is 16.3. The Morgan fingerprint density at radius 1 is 1.37 bits per heavy atom. The zero-order valence-corrected chi connectivity index (χ0v) is 13.1. The van der Waals surface area contributed by atoms with Gasteiger partial charge in [0.05, 0.1) is 11.6 Å². The van der Waals surface area contributed by atoms with Crippen molar-refractivity contribution in [3.05, 3.63) is 28.8 Å². The molecule has 0 spiro atoms. The van der Waals surface area contributed by atoms with E-state index in [9.17, 15) is 0 Å². The second kappa shape index (κ2) is 7.13. The molecule has 108 valence electrons. The number of benzene rings is 1. The second-order valence-corrected chi connectivity index (χ2v) is 6.11. The highest BCUT2D eigenvalue weighted by molar-refractivity contribution is 6.32. The van der Waals surface area contributed by atoms with Gasteiger partial charge in [0.1, 0.15) is 5.75 Å². The lowest BCUT2D eigenvalue weighted by Gasteiger charge is -2.29. The fourth-order valence-corrected chi connectivity index (χ4v) is 2.37. The third-order valence-electron chi connectivity index (χ3n) is 3.03. The van der Waals surface area contributed by atoms with Crippen LogP contribution in [-0.2, 0) is 6.54 Å². The molecule has 0 atom stereocenters. The first-order chi connectivity index (χ1) is 8.89. The molecule has 19 heavy (non-hydrogen) atoms. The van der Waals surface area contributed by atoms with E-state index < -0.39 is 0 Å². The van der Waals surface area contributed by atoms with Gasteiger partial charge in [-0.25, -0.2) is 0 Å². The number of ether oxygens (including phenoxy) is 1. The van der Waals surface area contributed by atoms with Gasteiger partial charge in [0.15, 0.2) is 0 Å². The molecule has 1 aromatic rings. The van der Waals surface area contributed by atoms with Crippen molar-refractivity contribution < 1.29 is 4.74 Å². The zero-order valence-electron chi connectivity index (χ0n) is 12.4. The van der Waals surface area contributed by atoms with E-state index in [1.165, 1.54) is 0 Å². The van der Waals surface area contributed by atoms with Crippen molar-refractivity contribution in [2.75, 3.05) is 26.7 Å². The number of hydrogen-bond donors (Lipinski definition) is 1. The SMILES string of the molecule is CCOc1c(Cl)cccc1CN(C)CC(C)(C)CN. The highest BCUT2D eigenvalue weighted by Gasteiger charge is 2.19. The quantitative estimate of drug-likeness (QED) is 0.836. The van der Waals surface area contributed by atoms with Crippen molar-refractivity contribution in [1.82, 2.24) is 4.90 Å². The molecule has 0 aliphatic carbocycles. The molecular formula is C15H25ClN2O. The van der Waals surface area contributed by atoms with Crippen molar-refractivity contribution in [3.8, 4) is 5.75 Å². The number of nitrogens with zero attached hydrogens (tertiary/aromatic N) is 1. The summed E-state index contributed by atoms with van der Waals surface area (Å²) < 4.78 is 5.64. The molecule has 0 radical (unpaired) electrons. The molecule has 0 unspecified atom stereocenters. The molecule has 0 aromatic heterocycles. The highest BCUT2D eigenvalue weighted by atomic mass is 35.5. The van der Waals surface area contributed by atoms with Gasteiger partial charge in [0, 0.05) is 18.7 Å². The summed E-state index contributed by atoms with van der Waals surface area (Å²) in [7, 11) is 2.09. The van der Waals surface area contributed by atoms with Crippen LogP contribution in [0.15, 0.2) is 18.2 Å². The van der Waals surface area contributed by atoms with Crippen LogP contribution < -0.4 is 10.5 Å². The van der Waals surface area contributed by atoms with E-state index in [1.807, 2.05) is 19.1 Å². The van der Waals surface area contributed by atoms with Crippen molar-refractivity contribution in [2.24, 2.45) is 11.1 Å². The number of halogens is 1. The summed E-state index contributed by atoms with van der Waals surface area (Å²) in [6, 6.07) is 5.88. The lowest BCUT2D eigenvalue weighted by molar-refractivity contribution is 0.207. The second-order valence-electron chi connectivity index (χ2n) is 5.70. The molecule has 1 aromatic carbocycles. The van der Waals surface area contributed by atoms with E-state index in [2.05, 4.69) is 31.9 Å². The smallest absolute Gasteiger partial charge is 0.142 e. The maximum Gasteiger partial charge on any atom is 0.142 e. The predicted molar refractivity (Wildman–Crippen MR) is 81.8 cm³/mol. The van der Waals surface area contributed by atoms with Crippen LogP contribution in [-0.4, -0.2) is 31.6 Å². The Labute approximate surface area is 121 Å². The number of nitrogens with two attached hydrogens (primary N) is 1. The van der Waals surface area contributed by atoms with Gasteiger partial charge < -0.3 is 15.4 Å². The molecule has 0 heterocycles. The Bertz CT molecular complexity index is 407. The van der Waals surface area contributed by atoms with Gasteiger partial charge >= 0.3 is 0 Å². The minimum atomic E-state index is 0.110. The fourth-order valence-electron chi connectivity index (χ4n) is 2.13. The monoisotopic (exact) mass is 284 g/mol. The van der Waals surface area contributed by atoms with Gasteiger partial charge in [-0.05, 0) is 32.0 Å². The molecule has 2 N–H and O–H groups in total. The standard InChI is InChI=1S/C15H25ClN2O/c1-5-19-14-12(7-6-8-13(14)16)9-18(4)11-15(2,3)10-17/h6-8H,5,9-11,17H2,1-4H3. The molecule has 4 heteroatoms. The van der Waals surface area contributed by atoms with Crippen molar-refractivity contribution in [3.63, 3.8) is 0 Å². The molecule has 1 rings (SSSR count). The summed E-state index contributed by atoms with van der Waals surface area (Å²) in [5, 5.41) is 0.672. The maximum atomic E-state index is 6.19. The summed E-state index contributed by atoms with van der Waals surface area (Å²) in [6.07, 6.45) is 0. The van der Waals surface area contributed by atoms with Crippen molar-refractivity contribution >= 4 is 11.6 Å². The largest absolute Gasteiger partial charge is 0.492 e. The molecular weight excluding hydrogens is 260 g/mol. The van der Waals surface area contributed by atoms with Gasteiger partial charge in [-0.15, -0.1) is 0 Å². The molecule has 0 aliphatic rings. The number of hydrogen-bond acceptors (Lipinski definition) is 3. The minimum Gasteiger partial charge on any atom is -0.492 e. The van der Waals surface area contributed by atoms with Gasteiger partial charge in [-0.1, -0.05) is 37.6 Å². The molecule has 0 aliphatic heterocycles. The van der Waals surface area contributed by atoms with Crippen molar-refractivity contribution in [2.45, 2.75) is 27.3 Å². The van der Waals surface area contributed by atoms with Gasteiger partial charge in [-0.3, -0.25) is 0 Å². The third-order valence-corrected chi connectivity index (χ3v) is 3.33. The zero-order chi connectivity index (χ0) is 14.5. The van der Waals surface area contributed by atoms with Crippen LogP contribution >= 0.6 is 11.6 Å². The Morgan fingerprint density at radius 3 is 2.63 bits per heavy atom. The molecule has 0 saturated heterocycles. The highest BCUT2D eigenvalue weighted by Crippen LogP contribution is 2.30. The summed E-state index contributed by atoms with van der Waals surface area (Å²) >= 11 is 6.19. The maximum absolute atomic E-state index is 6.19. The average Bonchev–Trinajstić information content (AvgIpc) is 2.33. The van der Waals surface area contributed by atoms with E-state index in [4.69, 9.17) is 22.1 Å². The van der Waals surface area contributed by atoms with Crippen LogP contribution in [0.1, 0.15) is 26.3 Å². The molecule has 0 saturated carbocycles. The van der Waals surface area contributed by atoms with E-state index in [0.717, 1.165) is 24.4 Å². The topological polar surface area (TPSA) is 38.5 Å². The summed E-state index contributed by atoms with van der Waals surface area (Å²) in [6.45, 7) is 9.34. The number of rotatable bonds is 7. The van der Waals surface area contributed by atoms with Crippen LogP contribution in [0.3, 0.4) is 0 Å².